The number of halogens is 1. The molecule has 18 heavy (non-hydrogen) atoms. The molecule has 1 aliphatic rings. The average molecular weight is 250 g/mol. The summed E-state index contributed by atoms with van der Waals surface area (Å²) < 4.78 is 23.9. The largest absolute Gasteiger partial charge is 0.431 e. The Morgan fingerprint density at radius 2 is 1.94 bits per heavy atom. The maximum atomic E-state index is 13.0. The second-order valence-corrected chi connectivity index (χ2v) is 4.72. The van der Waals surface area contributed by atoms with Crippen molar-refractivity contribution in [3.8, 4) is 0 Å². The first-order valence-corrected chi connectivity index (χ1v) is 5.70. The highest BCUT2D eigenvalue weighted by Crippen LogP contribution is 2.42. The summed E-state index contributed by atoms with van der Waals surface area (Å²) in [5.41, 5.74) is -0.654. The van der Waals surface area contributed by atoms with E-state index < -0.39 is 17.4 Å². The second-order valence-electron chi connectivity index (χ2n) is 4.72. The quantitative estimate of drug-likeness (QED) is 0.611. The van der Waals surface area contributed by atoms with Gasteiger partial charge in [-0.1, -0.05) is 18.2 Å². The lowest BCUT2D eigenvalue weighted by Crippen LogP contribution is -2.34. The summed E-state index contributed by atoms with van der Waals surface area (Å²) in [7, 11) is 0. The minimum atomic E-state index is -1.22. The van der Waals surface area contributed by atoms with Gasteiger partial charge in [0.25, 0.3) is 0 Å². The number of hydrogen-bond donors (Lipinski definition) is 0. The molecule has 1 atom stereocenters. The molecule has 0 aromatic heterocycles. The molecule has 1 aliphatic heterocycles. The Hall–Kier alpha value is -1.68. The van der Waals surface area contributed by atoms with Gasteiger partial charge in [-0.25, -0.2) is 9.18 Å². The van der Waals surface area contributed by atoms with E-state index >= 15 is 0 Å². The Labute approximate surface area is 105 Å². The van der Waals surface area contributed by atoms with Crippen molar-refractivity contribution < 1.29 is 18.7 Å². The van der Waals surface area contributed by atoms with Crippen LogP contribution in [0.15, 0.2) is 36.9 Å². The number of carbonyl (C=O) groups is 1. The smallest absolute Gasteiger partial charge is 0.346 e. The highest BCUT2D eigenvalue weighted by molar-refractivity contribution is 5.83. The van der Waals surface area contributed by atoms with Crippen molar-refractivity contribution >= 4 is 5.97 Å². The highest BCUT2D eigenvalue weighted by atomic mass is 19.1. The predicted octanol–water partition coefficient (Wildman–Crippen LogP) is 2.91. The summed E-state index contributed by atoms with van der Waals surface area (Å²) in [4.78, 5) is 12.1. The summed E-state index contributed by atoms with van der Waals surface area (Å²) in [6.45, 7) is 6.96. The van der Waals surface area contributed by atoms with Gasteiger partial charge in [0, 0.05) is 20.3 Å². The molecule has 1 saturated heterocycles. The van der Waals surface area contributed by atoms with E-state index in [9.17, 15) is 9.18 Å². The molecular weight excluding hydrogens is 235 g/mol. The molecule has 0 bridgehead atoms. The molecule has 0 radical (unpaired) electrons. The van der Waals surface area contributed by atoms with E-state index in [2.05, 4.69) is 6.58 Å². The fraction of sp³-hybridized carbons (Fsp3) is 0.357. The van der Waals surface area contributed by atoms with Crippen molar-refractivity contribution in [3.05, 3.63) is 48.3 Å². The summed E-state index contributed by atoms with van der Waals surface area (Å²) in [5.74, 6) is -1.83. The fourth-order valence-electron chi connectivity index (χ4n) is 2.13. The normalized spacial score (nSPS) is 25.8. The molecule has 1 fully saturated rings. The van der Waals surface area contributed by atoms with Crippen LogP contribution in [0.1, 0.15) is 25.8 Å². The Kier molecular flexibility index (Phi) is 2.99. The molecule has 1 aromatic carbocycles. The van der Waals surface area contributed by atoms with E-state index in [4.69, 9.17) is 9.47 Å². The molecule has 1 heterocycles. The first-order valence-electron chi connectivity index (χ1n) is 5.70. The fourth-order valence-corrected chi connectivity index (χ4v) is 2.13. The van der Waals surface area contributed by atoms with E-state index in [-0.39, 0.29) is 12.2 Å². The van der Waals surface area contributed by atoms with Crippen molar-refractivity contribution in [2.45, 2.75) is 31.7 Å². The monoisotopic (exact) mass is 250 g/mol. The number of esters is 1. The van der Waals surface area contributed by atoms with Crippen molar-refractivity contribution in [3.63, 3.8) is 0 Å². The third-order valence-corrected chi connectivity index (χ3v) is 2.83. The maximum absolute atomic E-state index is 13.0. The Bertz CT molecular complexity index is 478. The summed E-state index contributed by atoms with van der Waals surface area (Å²) >= 11 is 0. The van der Waals surface area contributed by atoms with E-state index in [0.29, 0.717) is 5.56 Å². The number of cyclic esters (lactones) is 1. The molecule has 0 spiro atoms. The minimum absolute atomic E-state index is 0.279. The van der Waals surface area contributed by atoms with Gasteiger partial charge in [-0.2, -0.15) is 0 Å². The summed E-state index contributed by atoms with van der Waals surface area (Å²) in [6, 6.07) is 5.65. The van der Waals surface area contributed by atoms with Gasteiger partial charge in [-0.15, -0.1) is 6.58 Å². The first kappa shape index (κ1) is 12.8. The average Bonchev–Trinajstić information content (AvgIpc) is 2.50. The van der Waals surface area contributed by atoms with Crippen LogP contribution in [0.25, 0.3) is 0 Å². The van der Waals surface area contributed by atoms with Gasteiger partial charge in [0.15, 0.2) is 5.60 Å². The van der Waals surface area contributed by atoms with E-state index in [0.717, 1.165) is 0 Å². The number of ether oxygens (including phenoxy) is 2. The topological polar surface area (TPSA) is 35.5 Å². The van der Waals surface area contributed by atoms with Gasteiger partial charge in [0.05, 0.1) is 0 Å². The van der Waals surface area contributed by atoms with Crippen molar-refractivity contribution in [2.24, 2.45) is 0 Å². The third kappa shape index (κ3) is 2.04. The SMILES string of the molecule is C=CCC1(c2ccc(F)cc2)OC(C)(C)OC1=O. The van der Waals surface area contributed by atoms with Crippen LogP contribution in [0, 0.1) is 5.82 Å². The zero-order valence-corrected chi connectivity index (χ0v) is 10.4. The van der Waals surface area contributed by atoms with Gasteiger partial charge >= 0.3 is 5.97 Å². The second kappa shape index (κ2) is 4.21. The lowest BCUT2D eigenvalue weighted by atomic mass is 9.90. The van der Waals surface area contributed by atoms with Crippen LogP contribution in [-0.4, -0.2) is 11.8 Å². The van der Waals surface area contributed by atoms with Crippen molar-refractivity contribution in [1.29, 1.82) is 0 Å². The molecule has 96 valence electrons. The first-order chi connectivity index (χ1) is 8.39. The number of rotatable bonds is 3. The van der Waals surface area contributed by atoms with E-state index in [1.165, 1.54) is 24.3 Å². The van der Waals surface area contributed by atoms with E-state index in [1.54, 1.807) is 19.9 Å². The number of hydrogen-bond acceptors (Lipinski definition) is 3. The van der Waals surface area contributed by atoms with Gasteiger partial charge in [-0.05, 0) is 17.7 Å². The minimum Gasteiger partial charge on any atom is -0.431 e. The van der Waals surface area contributed by atoms with Crippen LogP contribution >= 0.6 is 0 Å². The van der Waals surface area contributed by atoms with Gasteiger partial charge in [-0.3, -0.25) is 0 Å². The van der Waals surface area contributed by atoms with Gasteiger partial charge in [0.2, 0.25) is 5.79 Å². The Morgan fingerprint density at radius 3 is 2.39 bits per heavy atom. The standard InChI is InChI=1S/C14H15FO3/c1-4-9-14(10-5-7-11(15)8-6-10)12(16)17-13(2,3)18-14/h4-8H,1,9H2,2-3H3. The van der Waals surface area contributed by atoms with Crippen molar-refractivity contribution in [2.75, 3.05) is 0 Å². The van der Waals surface area contributed by atoms with Crippen LogP contribution in [-0.2, 0) is 19.9 Å². The maximum Gasteiger partial charge on any atom is 0.346 e. The van der Waals surface area contributed by atoms with Crippen LogP contribution in [0.4, 0.5) is 4.39 Å². The third-order valence-electron chi connectivity index (χ3n) is 2.83. The molecular formula is C14H15FO3. The zero-order chi connectivity index (χ0) is 13.4. The van der Waals surface area contributed by atoms with Gasteiger partial charge in [0.1, 0.15) is 5.82 Å². The van der Waals surface area contributed by atoms with Crippen LogP contribution in [0.2, 0.25) is 0 Å². The Balaban J connectivity index is 2.48. The number of carbonyl (C=O) groups excluding carboxylic acids is 1. The molecule has 1 unspecified atom stereocenters. The van der Waals surface area contributed by atoms with Gasteiger partial charge < -0.3 is 9.47 Å². The molecule has 0 aliphatic carbocycles. The highest BCUT2D eigenvalue weighted by Gasteiger charge is 2.54. The lowest BCUT2D eigenvalue weighted by molar-refractivity contribution is -0.167. The molecule has 0 amide bonds. The molecule has 0 N–H and O–H groups in total. The molecule has 2 rings (SSSR count). The summed E-state index contributed by atoms with van der Waals surface area (Å²) in [5, 5.41) is 0. The predicted molar refractivity (Wildman–Crippen MR) is 64.1 cm³/mol. The summed E-state index contributed by atoms with van der Waals surface area (Å²) in [6.07, 6.45) is 1.87. The number of benzene rings is 1. The van der Waals surface area contributed by atoms with Crippen LogP contribution in [0.3, 0.4) is 0 Å². The zero-order valence-electron chi connectivity index (χ0n) is 10.4. The van der Waals surface area contributed by atoms with Crippen LogP contribution in [0.5, 0.6) is 0 Å². The Morgan fingerprint density at radius 1 is 1.33 bits per heavy atom. The molecule has 3 nitrogen and oxygen atoms in total. The molecule has 1 aromatic rings. The van der Waals surface area contributed by atoms with Crippen molar-refractivity contribution in [1.82, 2.24) is 0 Å². The molecule has 0 saturated carbocycles. The van der Waals surface area contributed by atoms with E-state index in [1.807, 2.05) is 0 Å². The van der Waals surface area contributed by atoms with Crippen LogP contribution < -0.4 is 0 Å². The molecule has 4 heteroatoms. The lowest BCUT2D eigenvalue weighted by Gasteiger charge is -2.25.